The van der Waals surface area contributed by atoms with Crippen molar-refractivity contribution in [1.29, 1.82) is 0 Å². The van der Waals surface area contributed by atoms with Crippen molar-refractivity contribution in [2.75, 3.05) is 6.61 Å². The normalized spacial score (nSPS) is 11.9. The Morgan fingerprint density at radius 1 is 1.21 bits per heavy atom. The lowest BCUT2D eigenvalue weighted by Crippen LogP contribution is -2.19. The number of aryl methyl sites for hydroxylation is 1. The molecule has 0 radical (unpaired) electrons. The van der Waals surface area contributed by atoms with E-state index in [0.29, 0.717) is 23.4 Å². The zero-order chi connectivity index (χ0) is 21.7. The molecule has 0 aliphatic rings. The highest BCUT2D eigenvalue weighted by atomic mass is 35.5. The standard InChI is InChI=1S/C21H23Cl2NO5/c1-4-14(20(26)27)17-16(21(28)29-5-2)15(18(19(23)25)24(17)3)10-9-12-7-6-8-13(22)11-12/h6-8,11,14H,4-5,9-10H2,1-3H3,(H,26,27). The Balaban J connectivity index is 2.66. The van der Waals surface area contributed by atoms with Gasteiger partial charge in [-0.1, -0.05) is 30.7 Å². The number of nitrogens with zero attached hydrogens (tertiary/aromatic N) is 1. The van der Waals surface area contributed by atoms with Gasteiger partial charge in [0.05, 0.1) is 18.1 Å². The summed E-state index contributed by atoms with van der Waals surface area (Å²) in [6, 6.07) is 7.24. The van der Waals surface area contributed by atoms with Crippen LogP contribution in [0.15, 0.2) is 24.3 Å². The average molecular weight is 440 g/mol. The fourth-order valence-electron chi connectivity index (χ4n) is 3.54. The van der Waals surface area contributed by atoms with Crippen LogP contribution in [-0.4, -0.2) is 33.5 Å². The molecular formula is C21H23Cl2NO5. The molecular weight excluding hydrogens is 417 g/mol. The second-order valence-corrected chi connectivity index (χ2v) is 7.35. The van der Waals surface area contributed by atoms with Crippen molar-refractivity contribution < 1.29 is 24.2 Å². The third-order valence-corrected chi connectivity index (χ3v) is 5.21. The van der Waals surface area contributed by atoms with Crippen molar-refractivity contribution in [1.82, 2.24) is 4.57 Å². The van der Waals surface area contributed by atoms with E-state index in [9.17, 15) is 19.5 Å². The predicted octanol–water partition coefficient (Wildman–Crippen LogP) is 4.60. The van der Waals surface area contributed by atoms with Crippen molar-refractivity contribution >= 4 is 40.4 Å². The number of carboxylic acid groups (broad SMARTS) is 1. The molecule has 1 unspecified atom stereocenters. The van der Waals surface area contributed by atoms with Crippen LogP contribution in [-0.2, 0) is 29.4 Å². The van der Waals surface area contributed by atoms with Gasteiger partial charge < -0.3 is 14.4 Å². The number of aliphatic carboxylic acids is 1. The molecule has 2 rings (SSSR count). The number of esters is 1. The fraction of sp³-hybridized carbons (Fsp3) is 0.381. The van der Waals surface area contributed by atoms with Gasteiger partial charge in [-0.15, -0.1) is 0 Å². The Bertz CT molecular complexity index is 935. The van der Waals surface area contributed by atoms with Crippen molar-refractivity contribution in [3.05, 3.63) is 57.4 Å². The van der Waals surface area contributed by atoms with Crippen molar-refractivity contribution in [2.24, 2.45) is 7.05 Å². The summed E-state index contributed by atoms with van der Waals surface area (Å²) in [5.41, 5.74) is 1.74. The molecule has 0 spiro atoms. The van der Waals surface area contributed by atoms with E-state index in [0.717, 1.165) is 5.56 Å². The van der Waals surface area contributed by atoms with Gasteiger partial charge >= 0.3 is 11.9 Å². The van der Waals surface area contributed by atoms with Gasteiger partial charge in [0.1, 0.15) is 5.69 Å². The third-order valence-electron chi connectivity index (χ3n) is 4.80. The first-order valence-electron chi connectivity index (χ1n) is 9.28. The lowest BCUT2D eigenvalue weighted by Gasteiger charge is -2.14. The molecule has 1 atom stereocenters. The first-order valence-corrected chi connectivity index (χ1v) is 10.0. The molecule has 0 saturated carbocycles. The third kappa shape index (κ3) is 5.00. The van der Waals surface area contributed by atoms with Crippen molar-refractivity contribution in [3.63, 3.8) is 0 Å². The molecule has 6 nitrogen and oxygen atoms in total. The highest BCUT2D eigenvalue weighted by Gasteiger charge is 2.35. The van der Waals surface area contributed by atoms with Gasteiger partial charge in [0.25, 0.3) is 5.24 Å². The molecule has 0 bridgehead atoms. The van der Waals surface area contributed by atoms with Crippen LogP contribution in [0, 0.1) is 0 Å². The molecule has 29 heavy (non-hydrogen) atoms. The molecule has 1 N–H and O–H groups in total. The van der Waals surface area contributed by atoms with Gasteiger partial charge in [0.2, 0.25) is 0 Å². The number of aromatic nitrogens is 1. The molecule has 0 aliphatic heterocycles. The summed E-state index contributed by atoms with van der Waals surface area (Å²) >= 11 is 11.9. The topological polar surface area (TPSA) is 85.6 Å². The minimum atomic E-state index is -1.09. The number of benzene rings is 1. The predicted molar refractivity (Wildman–Crippen MR) is 111 cm³/mol. The summed E-state index contributed by atoms with van der Waals surface area (Å²) in [7, 11) is 1.54. The summed E-state index contributed by atoms with van der Waals surface area (Å²) in [6.45, 7) is 3.48. The van der Waals surface area contributed by atoms with E-state index in [1.807, 2.05) is 12.1 Å². The van der Waals surface area contributed by atoms with Gasteiger partial charge in [0.15, 0.2) is 0 Å². The molecule has 0 saturated heterocycles. The van der Waals surface area contributed by atoms with Crippen LogP contribution < -0.4 is 0 Å². The number of carbonyl (C=O) groups excluding carboxylic acids is 2. The van der Waals surface area contributed by atoms with E-state index in [2.05, 4.69) is 0 Å². The van der Waals surface area contributed by atoms with Crippen LogP contribution in [0.3, 0.4) is 0 Å². The maximum Gasteiger partial charge on any atom is 0.340 e. The molecule has 8 heteroatoms. The van der Waals surface area contributed by atoms with Gasteiger partial charge in [-0.25, -0.2) is 4.79 Å². The minimum absolute atomic E-state index is 0.103. The highest BCUT2D eigenvalue weighted by molar-refractivity contribution is 6.67. The Hall–Kier alpha value is -2.31. The first-order chi connectivity index (χ1) is 13.7. The molecule has 1 aromatic carbocycles. The second kappa shape index (κ2) is 9.94. The molecule has 2 aromatic rings. The summed E-state index contributed by atoms with van der Waals surface area (Å²) in [5.74, 6) is -2.73. The summed E-state index contributed by atoms with van der Waals surface area (Å²) in [4.78, 5) is 36.8. The zero-order valence-electron chi connectivity index (χ0n) is 16.5. The smallest absolute Gasteiger partial charge is 0.340 e. The molecule has 0 fully saturated rings. The largest absolute Gasteiger partial charge is 0.481 e. The zero-order valence-corrected chi connectivity index (χ0v) is 18.0. The van der Waals surface area contributed by atoms with Crippen LogP contribution in [0.5, 0.6) is 0 Å². The maximum atomic E-state index is 12.8. The lowest BCUT2D eigenvalue weighted by molar-refractivity contribution is -0.139. The maximum absolute atomic E-state index is 12.8. The summed E-state index contributed by atoms with van der Waals surface area (Å²) in [5, 5.41) is 9.48. The Kier molecular flexibility index (Phi) is 7.88. The highest BCUT2D eigenvalue weighted by Crippen LogP contribution is 2.33. The summed E-state index contributed by atoms with van der Waals surface area (Å²) in [6.07, 6.45) is 1.02. The van der Waals surface area contributed by atoms with E-state index < -0.39 is 23.1 Å². The summed E-state index contributed by atoms with van der Waals surface area (Å²) < 4.78 is 6.60. The monoisotopic (exact) mass is 439 g/mol. The number of ether oxygens (including phenoxy) is 1. The van der Waals surface area contributed by atoms with Crippen LogP contribution in [0.1, 0.15) is 63.9 Å². The van der Waals surface area contributed by atoms with Crippen molar-refractivity contribution in [2.45, 2.75) is 39.0 Å². The molecule has 1 aromatic heterocycles. The number of rotatable bonds is 9. The van der Waals surface area contributed by atoms with Gasteiger partial charge in [-0.05, 0) is 61.0 Å². The Morgan fingerprint density at radius 3 is 2.41 bits per heavy atom. The number of carboxylic acids is 1. The number of carbonyl (C=O) groups is 3. The Labute approximate surface area is 179 Å². The van der Waals surface area contributed by atoms with E-state index in [-0.39, 0.29) is 30.0 Å². The number of hydrogen-bond donors (Lipinski definition) is 1. The SMILES string of the molecule is CCOC(=O)c1c(CCc2cccc(Cl)c2)c(C(=O)Cl)n(C)c1C(CC)C(=O)O. The van der Waals surface area contributed by atoms with E-state index in [4.69, 9.17) is 27.9 Å². The number of halogens is 2. The fourth-order valence-corrected chi connectivity index (χ4v) is 4.00. The first kappa shape index (κ1) is 23.0. The number of hydrogen-bond acceptors (Lipinski definition) is 4. The van der Waals surface area contributed by atoms with E-state index in [1.54, 1.807) is 33.0 Å². The second-order valence-electron chi connectivity index (χ2n) is 6.57. The van der Waals surface area contributed by atoms with Gasteiger partial charge in [0, 0.05) is 17.8 Å². The average Bonchev–Trinajstić information content (AvgIpc) is 2.93. The Morgan fingerprint density at radius 2 is 1.90 bits per heavy atom. The van der Waals surface area contributed by atoms with Crippen LogP contribution in [0.25, 0.3) is 0 Å². The minimum Gasteiger partial charge on any atom is -0.481 e. The van der Waals surface area contributed by atoms with E-state index >= 15 is 0 Å². The van der Waals surface area contributed by atoms with Crippen LogP contribution in [0.4, 0.5) is 0 Å². The van der Waals surface area contributed by atoms with E-state index in [1.165, 1.54) is 4.57 Å². The lowest BCUT2D eigenvalue weighted by atomic mass is 9.94. The van der Waals surface area contributed by atoms with Crippen molar-refractivity contribution in [3.8, 4) is 0 Å². The molecule has 0 aliphatic carbocycles. The van der Waals surface area contributed by atoms with Gasteiger partial charge in [-0.2, -0.15) is 0 Å². The van der Waals surface area contributed by atoms with Crippen LogP contribution in [0.2, 0.25) is 5.02 Å². The van der Waals surface area contributed by atoms with Crippen LogP contribution >= 0.6 is 23.2 Å². The van der Waals surface area contributed by atoms with Gasteiger partial charge in [-0.3, -0.25) is 9.59 Å². The quantitative estimate of drug-likeness (QED) is 0.455. The molecule has 1 heterocycles. The molecule has 0 amide bonds. The molecule has 156 valence electrons.